The molecule has 1 aliphatic rings. The summed E-state index contributed by atoms with van der Waals surface area (Å²) in [6.07, 6.45) is 0. The number of likely N-dealkylation sites (N-methyl/N-ethyl adjacent to an activating group) is 1. The van der Waals surface area contributed by atoms with Crippen LogP contribution in [0.15, 0.2) is 18.2 Å². The first-order chi connectivity index (χ1) is 14.0. The molecule has 9 heteroatoms. The van der Waals surface area contributed by atoms with Crippen molar-refractivity contribution < 1.29 is 28.6 Å². The van der Waals surface area contributed by atoms with E-state index in [-0.39, 0.29) is 18.4 Å². The summed E-state index contributed by atoms with van der Waals surface area (Å²) in [5.41, 5.74) is 0.330. The first kappa shape index (κ1) is 22.5. The van der Waals surface area contributed by atoms with Crippen molar-refractivity contribution in [2.45, 2.75) is 26.8 Å². The van der Waals surface area contributed by atoms with Gasteiger partial charge in [-0.2, -0.15) is 0 Å². The van der Waals surface area contributed by atoms with Gasteiger partial charge in [0.1, 0.15) is 6.04 Å². The maximum atomic E-state index is 12.4. The van der Waals surface area contributed by atoms with Crippen LogP contribution in [0, 0.1) is 0 Å². The number of amides is 3. The molecule has 1 aliphatic heterocycles. The average Bonchev–Trinajstić information content (AvgIpc) is 2.73. The monoisotopic (exact) mass is 407 g/mol. The molecule has 0 saturated carbocycles. The van der Waals surface area contributed by atoms with E-state index in [1.54, 1.807) is 24.0 Å². The molecule has 0 unspecified atom stereocenters. The van der Waals surface area contributed by atoms with Crippen molar-refractivity contribution in [2.75, 3.05) is 46.1 Å². The second-order valence-corrected chi connectivity index (χ2v) is 6.47. The van der Waals surface area contributed by atoms with Crippen molar-refractivity contribution in [1.82, 2.24) is 15.5 Å². The van der Waals surface area contributed by atoms with Crippen molar-refractivity contribution in [3.63, 3.8) is 0 Å². The topological polar surface area (TPSA) is 106 Å². The third-order valence-electron chi connectivity index (χ3n) is 4.31. The molecule has 3 amide bonds. The largest absolute Gasteiger partial charge is 0.490 e. The van der Waals surface area contributed by atoms with Crippen LogP contribution in [0.4, 0.5) is 0 Å². The molecule has 9 nitrogen and oxygen atoms in total. The van der Waals surface area contributed by atoms with E-state index in [1.165, 1.54) is 6.07 Å². The minimum absolute atomic E-state index is 0.125. The van der Waals surface area contributed by atoms with Crippen LogP contribution in [-0.2, 0) is 14.3 Å². The van der Waals surface area contributed by atoms with Crippen LogP contribution in [0.5, 0.6) is 11.5 Å². The molecule has 0 aliphatic carbocycles. The van der Waals surface area contributed by atoms with Crippen LogP contribution < -0.4 is 20.1 Å². The van der Waals surface area contributed by atoms with Gasteiger partial charge in [-0.15, -0.1) is 0 Å². The third-order valence-corrected chi connectivity index (χ3v) is 4.31. The third kappa shape index (κ3) is 6.63. The minimum Gasteiger partial charge on any atom is -0.490 e. The van der Waals surface area contributed by atoms with E-state index in [1.807, 2.05) is 13.8 Å². The Hall–Kier alpha value is -2.81. The number of nitrogens with zero attached hydrogens (tertiary/aromatic N) is 1. The number of nitrogens with one attached hydrogen (secondary N) is 2. The van der Waals surface area contributed by atoms with E-state index in [2.05, 4.69) is 10.6 Å². The summed E-state index contributed by atoms with van der Waals surface area (Å²) in [5, 5.41) is 5.30. The highest BCUT2D eigenvalue weighted by Gasteiger charge is 2.20. The molecule has 0 bridgehead atoms. The Labute approximate surface area is 170 Å². The lowest BCUT2D eigenvalue weighted by molar-refractivity contribution is -0.137. The van der Waals surface area contributed by atoms with Crippen LogP contribution in [0.3, 0.4) is 0 Å². The number of rotatable bonds is 9. The number of ether oxygens (including phenoxy) is 3. The van der Waals surface area contributed by atoms with Gasteiger partial charge in [-0.1, -0.05) is 0 Å². The second kappa shape index (κ2) is 11.3. The van der Waals surface area contributed by atoms with Gasteiger partial charge in [0.25, 0.3) is 11.8 Å². The molecule has 2 N–H and O–H groups in total. The second-order valence-electron chi connectivity index (χ2n) is 6.47. The van der Waals surface area contributed by atoms with Crippen molar-refractivity contribution in [2.24, 2.45) is 0 Å². The molecular formula is C20H29N3O6. The predicted molar refractivity (Wildman–Crippen MR) is 106 cm³/mol. The molecule has 1 aromatic rings. The van der Waals surface area contributed by atoms with Gasteiger partial charge >= 0.3 is 0 Å². The average molecular weight is 407 g/mol. The standard InChI is InChI=1S/C20H29N3O6/c1-4-21-19(25)14(3)22-20(26)15-6-7-16(17(12-15)28-5-2)29-13-18(24)23-8-10-27-11-9-23/h6-7,12,14H,4-5,8-11,13H2,1-3H3,(H,21,25)(H,22,26)/t14-/m1/s1. The molecule has 1 fully saturated rings. The number of carbonyl (C=O) groups is 3. The molecule has 1 aromatic carbocycles. The van der Waals surface area contributed by atoms with Gasteiger partial charge in [-0.05, 0) is 39.0 Å². The minimum atomic E-state index is -0.667. The maximum Gasteiger partial charge on any atom is 0.260 e. The SMILES string of the molecule is CCNC(=O)[C@@H](C)NC(=O)c1ccc(OCC(=O)N2CCOCC2)c(OCC)c1. The number of benzene rings is 1. The summed E-state index contributed by atoms with van der Waals surface area (Å²) in [6.45, 7) is 8.10. The van der Waals surface area contributed by atoms with E-state index in [0.29, 0.717) is 56.5 Å². The highest BCUT2D eigenvalue weighted by Crippen LogP contribution is 2.28. The summed E-state index contributed by atoms with van der Waals surface area (Å²) in [7, 11) is 0. The number of carbonyl (C=O) groups excluding carboxylic acids is 3. The maximum absolute atomic E-state index is 12.4. The quantitative estimate of drug-likeness (QED) is 0.620. The Kier molecular flexibility index (Phi) is 8.72. The summed E-state index contributed by atoms with van der Waals surface area (Å²) in [5.74, 6) is -0.0520. The number of hydrogen-bond acceptors (Lipinski definition) is 6. The molecule has 29 heavy (non-hydrogen) atoms. The van der Waals surface area contributed by atoms with Gasteiger partial charge in [0.05, 0.1) is 19.8 Å². The van der Waals surface area contributed by atoms with Crippen LogP contribution in [0.2, 0.25) is 0 Å². The van der Waals surface area contributed by atoms with Gasteiger partial charge in [-0.3, -0.25) is 14.4 Å². The van der Waals surface area contributed by atoms with E-state index < -0.39 is 11.9 Å². The Bertz CT molecular complexity index is 718. The molecule has 1 saturated heterocycles. The Morgan fingerprint density at radius 1 is 1.14 bits per heavy atom. The fraction of sp³-hybridized carbons (Fsp3) is 0.550. The molecule has 0 radical (unpaired) electrons. The summed E-state index contributed by atoms with van der Waals surface area (Å²) in [6, 6.07) is 4.03. The lowest BCUT2D eigenvalue weighted by Gasteiger charge is -2.26. The van der Waals surface area contributed by atoms with Gasteiger partial charge in [0.2, 0.25) is 5.91 Å². The van der Waals surface area contributed by atoms with E-state index in [0.717, 1.165) is 0 Å². The normalized spacial score (nSPS) is 14.7. The zero-order valence-electron chi connectivity index (χ0n) is 17.2. The molecule has 0 aromatic heterocycles. The molecule has 1 atom stereocenters. The summed E-state index contributed by atoms with van der Waals surface area (Å²) >= 11 is 0. The Balaban J connectivity index is 2.02. The van der Waals surface area contributed by atoms with Gasteiger partial charge in [0, 0.05) is 25.2 Å². The zero-order chi connectivity index (χ0) is 21.2. The first-order valence-electron chi connectivity index (χ1n) is 9.80. The number of hydrogen-bond donors (Lipinski definition) is 2. The molecular weight excluding hydrogens is 378 g/mol. The lowest BCUT2D eigenvalue weighted by atomic mass is 10.1. The molecule has 0 spiro atoms. The van der Waals surface area contributed by atoms with Crippen LogP contribution >= 0.6 is 0 Å². The van der Waals surface area contributed by atoms with E-state index in [9.17, 15) is 14.4 Å². The van der Waals surface area contributed by atoms with Crippen molar-refractivity contribution in [3.8, 4) is 11.5 Å². The van der Waals surface area contributed by atoms with E-state index in [4.69, 9.17) is 14.2 Å². The summed E-state index contributed by atoms with van der Waals surface area (Å²) in [4.78, 5) is 38.2. The Morgan fingerprint density at radius 3 is 2.52 bits per heavy atom. The van der Waals surface area contributed by atoms with Crippen LogP contribution in [-0.4, -0.2) is 74.7 Å². The predicted octanol–water partition coefficient (Wildman–Crippen LogP) is 0.577. The molecule has 1 heterocycles. The Morgan fingerprint density at radius 2 is 1.86 bits per heavy atom. The molecule has 2 rings (SSSR count). The van der Waals surface area contributed by atoms with E-state index >= 15 is 0 Å². The highest BCUT2D eigenvalue weighted by molar-refractivity contribution is 5.98. The van der Waals surface area contributed by atoms with Crippen molar-refractivity contribution >= 4 is 17.7 Å². The van der Waals surface area contributed by atoms with Crippen LogP contribution in [0.25, 0.3) is 0 Å². The number of morpholine rings is 1. The smallest absolute Gasteiger partial charge is 0.260 e. The zero-order valence-corrected chi connectivity index (χ0v) is 17.2. The van der Waals surface area contributed by atoms with Gasteiger partial charge in [-0.25, -0.2) is 0 Å². The fourth-order valence-corrected chi connectivity index (χ4v) is 2.75. The lowest BCUT2D eigenvalue weighted by Crippen LogP contribution is -2.44. The van der Waals surface area contributed by atoms with Gasteiger partial charge < -0.3 is 29.7 Å². The fourth-order valence-electron chi connectivity index (χ4n) is 2.75. The molecule has 160 valence electrons. The summed E-state index contributed by atoms with van der Waals surface area (Å²) < 4.78 is 16.4. The van der Waals surface area contributed by atoms with Crippen molar-refractivity contribution in [3.05, 3.63) is 23.8 Å². The first-order valence-corrected chi connectivity index (χ1v) is 9.80. The van der Waals surface area contributed by atoms with Crippen LogP contribution in [0.1, 0.15) is 31.1 Å². The highest BCUT2D eigenvalue weighted by atomic mass is 16.5. The van der Waals surface area contributed by atoms with Crippen molar-refractivity contribution in [1.29, 1.82) is 0 Å². The van der Waals surface area contributed by atoms with Gasteiger partial charge in [0.15, 0.2) is 18.1 Å².